The number of rotatable bonds is 6. The van der Waals surface area contributed by atoms with Crippen LogP contribution in [0.25, 0.3) is 10.9 Å². The Kier molecular flexibility index (Phi) is 6.64. The standard InChI is InChI=1S/C23H23BrN2O3/c1-4-19-22(15(2)18-7-5-6-8-20(18)25-19)23(28)29-14-21(27)26(3)13-16-9-11-17(24)12-10-16/h5-12H,4,13-14H2,1-3H3. The van der Waals surface area contributed by atoms with Gasteiger partial charge in [-0.25, -0.2) is 4.79 Å². The molecule has 1 heterocycles. The van der Waals surface area contributed by atoms with Gasteiger partial charge < -0.3 is 9.64 Å². The number of pyridine rings is 1. The van der Waals surface area contributed by atoms with Crippen molar-refractivity contribution in [3.8, 4) is 0 Å². The van der Waals surface area contributed by atoms with Crippen LogP contribution in [0.4, 0.5) is 0 Å². The van der Waals surface area contributed by atoms with Crippen LogP contribution in [0.2, 0.25) is 0 Å². The topological polar surface area (TPSA) is 59.5 Å². The zero-order valence-electron chi connectivity index (χ0n) is 16.7. The first-order valence-corrected chi connectivity index (χ1v) is 10.2. The zero-order chi connectivity index (χ0) is 21.0. The van der Waals surface area contributed by atoms with Crippen molar-refractivity contribution < 1.29 is 14.3 Å². The van der Waals surface area contributed by atoms with Gasteiger partial charge in [-0.2, -0.15) is 0 Å². The summed E-state index contributed by atoms with van der Waals surface area (Å²) in [7, 11) is 1.69. The Hall–Kier alpha value is -2.73. The summed E-state index contributed by atoms with van der Waals surface area (Å²) in [6.45, 7) is 3.98. The first-order chi connectivity index (χ1) is 13.9. The maximum Gasteiger partial charge on any atom is 0.340 e. The van der Waals surface area contributed by atoms with Crippen molar-refractivity contribution >= 4 is 38.7 Å². The Morgan fingerprint density at radius 3 is 2.48 bits per heavy atom. The molecule has 0 saturated heterocycles. The van der Waals surface area contributed by atoms with E-state index in [0.29, 0.717) is 24.2 Å². The third-order valence-corrected chi connectivity index (χ3v) is 5.38. The first kappa shape index (κ1) is 21.0. The normalized spacial score (nSPS) is 10.8. The second-order valence-electron chi connectivity index (χ2n) is 6.88. The van der Waals surface area contributed by atoms with Crippen molar-refractivity contribution in [3.05, 3.63) is 75.4 Å². The number of nitrogens with zero attached hydrogens (tertiary/aromatic N) is 2. The van der Waals surface area contributed by atoms with Crippen molar-refractivity contribution in [1.82, 2.24) is 9.88 Å². The SMILES string of the molecule is CCc1nc2ccccc2c(C)c1C(=O)OCC(=O)N(C)Cc1ccc(Br)cc1. The number of amides is 1. The lowest BCUT2D eigenvalue weighted by molar-refractivity contribution is -0.133. The number of aryl methyl sites for hydroxylation is 2. The number of fused-ring (bicyclic) bond motifs is 1. The highest BCUT2D eigenvalue weighted by molar-refractivity contribution is 9.10. The molecule has 0 aliphatic rings. The zero-order valence-corrected chi connectivity index (χ0v) is 18.3. The van der Waals surface area contributed by atoms with Gasteiger partial charge in [-0.05, 0) is 42.7 Å². The number of aromatic nitrogens is 1. The van der Waals surface area contributed by atoms with Crippen LogP contribution >= 0.6 is 15.9 Å². The van der Waals surface area contributed by atoms with E-state index in [1.54, 1.807) is 11.9 Å². The molecule has 0 fully saturated rings. The van der Waals surface area contributed by atoms with E-state index in [0.717, 1.165) is 26.5 Å². The molecule has 150 valence electrons. The van der Waals surface area contributed by atoms with Crippen molar-refractivity contribution in [2.24, 2.45) is 0 Å². The van der Waals surface area contributed by atoms with E-state index >= 15 is 0 Å². The molecule has 5 nitrogen and oxygen atoms in total. The molecule has 1 aromatic heterocycles. The minimum Gasteiger partial charge on any atom is -0.452 e. The molecular weight excluding hydrogens is 432 g/mol. The summed E-state index contributed by atoms with van der Waals surface area (Å²) in [5.74, 6) is -0.770. The largest absolute Gasteiger partial charge is 0.452 e. The fourth-order valence-electron chi connectivity index (χ4n) is 3.23. The van der Waals surface area contributed by atoms with E-state index < -0.39 is 5.97 Å². The Bertz CT molecular complexity index is 1050. The lowest BCUT2D eigenvalue weighted by Crippen LogP contribution is -2.31. The highest BCUT2D eigenvalue weighted by Crippen LogP contribution is 2.24. The number of ether oxygens (including phenoxy) is 1. The summed E-state index contributed by atoms with van der Waals surface area (Å²) in [5.41, 5.74) is 3.81. The molecule has 0 spiro atoms. The molecular formula is C23H23BrN2O3. The van der Waals surface area contributed by atoms with Gasteiger partial charge in [-0.1, -0.05) is 53.2 Å². The second-order valence-corrected chi connectivity index (χ2v) is 7.80. The van der Waals surface area contributed by atoms with Gasteiger partial charge in [0.05, 0.1) is 16.8 Å². The quantitative estimate of drug-likeness (QED) is 0.507. The number of carbonyl (C=O) groups is 2. The van der Waals surface area contributed by atoms with Crippen molar-refractivity contribution in [2.45, 2.75) is 26.8 Å². The molecule has 0 unspecified atom stereocenters. The summed E-state index contributed by atoms with van der Waals surface area (Å²) in [6, 6.07) is 15.4. The molecule has 1 amide bonds. The molecule has 0 N–H and O–H groups in total. The van der Waals surface area contributed by atoms with E-state index in [1.807, 2.05) is 62.4 Å². The number of hydrogen-bond acceptors (Lipinski definition) is 4. The number of esters is 1. The molecule has 0 atom stereocenters. The fraction of sp³-hybridized carbons (Fsp3) is 0.261. The Morgan fingerprint density at radius 2 is 1.79 bits per heavy atom. The van der Waals surface area contributed by atoms with E-state index in [2.05, 4.69) is 20.9 Å². The molecule has 0 aliphatic heterocycles. The molecule has 29 heavy (non-hydrogen) atoms. The number of hydrogen-bond donors (Lipinski definition) is 0. The second kappa shape index (κ2) is 9.18. The molecule has 0 aliphatic carbocycles. The summed E-state index contributed by atoms with van der Waals surface area (Å²) >= 11 is 3.39. The molecule has 3 aromatic rings. The molecule has 0 saturated carbocycles. The molecule has 0 bridgehead atoms. The van der Waals surface area contributed by atoms with Gasteiger partial charge in [0, 0.05) is 23.5 Å². The van der Waals surface area contributed by atoms with Gasteiger partial charge in [0.1, 0.15) is 0 Å². The van der Waals surface area contributed by atoms with Crippen molar-refractivity contribution in [1.29, 1.82) is 0 Å². The van der Waals surface area contributed by atoms with Crippen LogP contribution in [0, 0.1) is 6.92 Å². The van der Waals surface area contributed by atoms with E-state index in [-0.39, 0.29) is 12.5 Å². The average Bonchev–Trinajstić information content (AvgIpc) is 2.73. The van der Waals surface area contributed by atoms with Gasteiger partial charge in [-0.15, -0.1) is 0 Å². The smallest absolute Gasteiger partial charge is 0.340 e. The molecule has 6 heteroatoms. The van der Waals surface area contributed by atoms with Crippen LogP contribution < -0.4 is 0 Å². The highest BCUT2D eigenvalue weighted by atomic mass is 79.9. The van der Waals surface area contributed by atoms with Crippen LogP contribution in [0.3, 0.4) is 0 Å². The Balaban J connectivity index is 1.70. The maximum absolute atomic E-state index is 12.8. The summed E-state index contributed by atoms with van der Waals surface area (Å²) in [4.78, 5) is 31.3. The lowest BCUT2D eigenvalue weighted by Gasteiger charge is -2.18. The number of halogens is 1. The molecule has 0 radical (unpaired) electrons. The Labute approximate surface area is 178 Å². The van der Waals surface area contributed by atoms with Gasteiger partial charge in [0.2, 0.25) is 0 Å². The average molecular weight is 455 g/mol. The van der Waals surface area contributed by atoms with E-state index in [4.69, 9.17) is 4.74 Å². The third-order valence-electron chi connectivity index (χ3n) is 4.85. The van der Waals surface area contributed by atoms with E-state index in [9.17, 15) is 9.59 Å². The van der Waals surface area contributed by atoms with E-state index in [1.165, 1.54) is 0 Å². The van der Waals surface area contributed by atoms with Crippen LogP contribution in [-0.2, 0) is 22.5 Å². The van der Waals surface area contributed by atoms with Crippen LogP contribution in [-0.4, -0.2) is 35.4 Å². The summed E-state index contributed by atoms with van der Waals surface area (Å²) < 4.78 is 6.34. The van der Waals surface area contributed by atoms with Gasteiger partial charge in [0.25, 0.3) is 5.91 Å². The Morgan fingerprint density at radius 1 is 1.10 bits per heavy atom. The number of benzene rings is 2. The number of carbonyl (C=O) groups excluding carboxylic acids is 2. The van der Waals surface area contributed by atoms with Crippen LogP contribution in [0.5, 0.6) is 0 Å². The number of likely N-dealkylation sites (N-methyl/N-ethyl adjacent to an activating group) is 1. The predicted octanol–water partition coefficient (Wildman–Crippen LogP) is 4.68. The third kappa shape index (κ3) is 4.82. The number of para-hydroxylation sites is 1. The van der Waals surface area contributed by atoms with Crippen LogP contribution in [0.1, 0.15) is 34.1 Å². The van der Waals surface area contributed by atoms with Crippen molar-refractivity contribution in [3.63, 3.8) is 0 Å². The summed E-state index contributed by atoms with van der Waals surface area (Å²) in [5, 5.41) is 0.912. The fourth-order valence-corrected chi connectivity index (χ4v) is 3.49. The highest BCUT2D eigenvalue weighted by Gasteiger charge is 2.21. The van der Waals surface area contributed by atoms with Crippen molar-refractivity contribution in [2.75, 3.05) is 13.7 Å². The minimum absolute atomic E-state index is 0.259. The van der Waals surface area contributed by atoms with Gasteiger partial charge in [-0.3, -0.25) is 9.78 Å². The van der Waals surface area contributed by atoms with Gasteiger partial charge >= 0.3 is 5.97 Å². The molecule has 3 rings (SSSR count). The lowest BCUT2D eigenvalue weighted by atomic mass is 10.0. The monoisotopic (exact) mass is 454 g/mol. The summed E-state index contributed by atoms with van der Waals surface area (Å²) in [6.07, 6.45) is 0.605. The first-order valence-electron chi connectivity index (χ1n) is 9.44. The van der Waals surface area contributed by atoms with Gasteiger partial charge in [0.15, 0.2) is 6.61 Å². The predicted molar refractivity (Wildman–Crippen MR) is 117 cm³/mol. The minimum atomic E-state index is -0.511. The maximum atomic E-state index is 12.8. The van der Waals surface area contributed by atoms with Crippen LogP contribution in [0.15, 0.2) is 53.0 Å². The molecule has 2 aromatic carbocycles.